The van der Waals surface area contributed by atoms with E-state index in [0.717, 1.165) is 24.8 Å². The molecule has 0 aliphatic carbocycles. The van der Waals surface area contributed by atoms with E-state index < -0.39 is 10.0 Å². The second kappa shape index (κ2) is 8.60. The fourth-order valence-corrected chi connectivity index (χ4v) is 4.32. The number of ether oxygens (including phenoxy) is 1. The van der Waals surface area contributed by atoms with E-state index >= 15 is 0 Å². The molecule has 1 fully saturated rings. The zero-order valence-corrected chi connectivity index (χ0v) is 15.2. The number of sulfonamides is 1. The van der Waals surface area contributed by atoms with Crippen LogP contribution in [0.2, 0.25) is 0 Å². The van der Waals surface area contributed by atoms with Crippen molar-refractivity contribution >= 4 is 15.9 Å². The van der Waals surface area contributed by atoms with Crippen molar-refractivity contribution in [2.24, 2.45) is 0 Å². The minimum atomic E-state index is -3.53. The second-order valence-corrected chi connectivity index (χ2v) is 7.98. The van der Waals surface area contributed by atoms with Gasteiger partial charge in [0.1, 0.15) is 0 Å². The molecule has 1 amide bonds. The number of aryl methyl sites for hydroxylation is 1. The van der Waals surface area contributed by atoms with Crippen molar-refractivity contribution in [3.63, 3.8) is 0 Å². The highest BCUT2D eigenvalue weighted by atomic mass is 32.2. The maximum atomic E-state index is 12.8. The molecule has 0 radical (unpaired) electrons. The molecule has 1 aliphatic rings. The summed E-state index contributed by atoms with van der Waals surface area (Å²) in [7, 11) is -1.92. The number of piperidine rings is 1. The smallest absolute Gasteiger partial charge is 0.251 e. The van der Waals surface area contributed by atoms with Crippen LogP contribution < -0.4 is 5.32 Å². The van der Waals surface area contributed by atoms with Crippen LogP contribution in [0.3, 0.4) is 0 Å². The first-order chi connectivity index (χ1) is 11.5. The first kappa shape index (κ1) is 18.9. The third-order valence-corrected chi connectivity index (χ3v) is 6.11. The molecule has 1 aliphatic heterocycles. The number of nitrogens with zero attached hydrogens (tertiary/aromatic N) is 1. The molecule has 134 valence electrons. The highest BCUT2D eigenvalue weighted by Gasteiger charge is 2.26. The molecule has 1 heterocycles. The number of hydrogen-bond donors (Lipinski definition) is 1. The van der Waals surface area contributed by atoms with Gasteiger partial charge in [0.05, 0.1) is 4.90 Å². The molecule has 1 N–H and O–H groups in total. The maximum absolute atomic E-state index is 12.8. The topological polar surface area (TPSA) is 75.7 Å². The Bertz CT molecular complexity index is 667. The standard InChI is InChI=1S/C17H26N2O4S/c1-14-7-8-15(24(21,22)19-10-4-3-5-11-19)13-16(14)17(20)18-9-6-12-23-2/h7-8,13H,3-6,9-12H2,1-2H3,(H,18,20). The Morgan fingerprint density at radius 2 is 1.96 bits per heavy atom. The van der Waals surface area contributed by atoms with Gasteiger partial charge in [-0.05, 0) is 43.9 Å². The number of carbonyl (C=O) groups excluding carboxylic acids is 1. The Labute approximate surface area is 144 Å². The Morgan fingerprint density at radius 3 is 2.62 bits per heavy atom. The van der Waals surface area contributed by atoms with E-state index in [2.05, 4.69) is 5.32 Å². The van der Waals surface area contributed by atoms with Crippen molar-refractivity contribution in [1.82, 2.24) is 9.62 Å². The lowest BCUT2D eigenvalue weighted by Crippen LogP contribution is -2.35. The summed E-state index contributed by atoms with van der Waals surface area (Å²) in [4.78, 5) is 12.5. The van der Waals surface area contributed by atoms with Gasteiger partial charge in [-0.15, -0.1) is 0 Å². The summed E-state index contributed by atoms with van der Waals surface area (Å²) in [5.41, 5.74) is 1.17. The molecule has 0 spiro atoms. The lowest BCUT2D eigenvalue weighted by molar-refractivity contribution is 0.0948. The molecule has 7 heteroatoms. The van der Waals surface area contributed by atoms with Crippen molar-refractivity contribution in [3.8, 4) is 0 Å². The quantitative estimate of drug-likeness (QED) is 0.759. The van der Waals surface area contributed by atoms with Gasteiger partial charge < -0.3 is 10.1 Å². The van der Waals surface area contributed by atoms with Crippen molar-refractivity contribution in [2.45, 2.75) is 37.5 Å². The molecule has 1 saturated heterocycles. The van der Waals surface area contributed by atoms with Gasteiger partial charge in [0.15, 0.2) is 0 Å². The number of hydrogen-bond acceptors (Lipinski definition) is 4. The number of nitrogens with one attached hydrogen (secondary N) is 1. The first-order valence-electron chi connectivity index (χ1n) is 8.35. The number of benzene rings is 1. The molecule has 0 unspecified atom stereocenters. The predicted molar refractivity (Wildman–Crippen MR) is 92.6 cm³/mol. The van der Waals surface area contributed by atoms with E-state index in [1.807, 2.05) is 0 Å². The summed E-state index contributed by atoms with van der Waals surface area (Å²) in [5.74, 6) is -0.251. The normalized spacial score (nSPS) is 16.1. The molecule has 0 bridgehead atoms. The van der Waals surface area contributed by atoms with Crippen LogP contribution in [0.4, 0.5) is 0 Å². The summed E-state index contributed by atoms with van der Waals surface area (Å²) in [6.07, 6.45) is 3.55. The molecule has 1 aromatic rings. The third-order valence-electron chi connectivity index (χ3n) is 4.22. The van der Waals surface area contributed by atoms with Gasteiger partial charge in [-0.2, -0.15) is 4.31 Å². The van der Waals surface area contributed by atoms with Crippen LogP contribution in [0.25, 0.3) is 0 Å². The molecule has 0 aromatic heterocycles. The van der Waals surface area contributed by atoms with E-state index in [0.29, 0.717) is 38.2 Å². The number of methoxy groups -OCH3 is 1. The largest absolute Gasteiger partial charge is 0.385 e. The van der Waals surface area contributed by atoms with E-state index in [1.165, 1.54) is 10.4 Å². The van der Waals surface area contributed by atoms with Gasteiger partial charge in [0.2, 0.25) is 10.0 Å². The van der Waals surface area contributed by atoms with E-state index in [9.17, 15) is 13.2 Å². The average molecular weight is 354 g/mol. The highest BCUT2D eigenvalue weighted by Crippen LogP contribution is 2.22. The van der Waals surface area contributed by atoms with Crippen LogP contribution in [0.15, 0.2) is 23.1 Å². The summed E-state index contributed by atoms with van der Waals surface area (Å²) >= 11 is 0. The first-order valence-corrected chi connectivity index (χ1v) is 9.79. The fraction of sp³-hybridized carbons (Fsp3) is 0.588. The zero-order chi connectivity index (χ0) is 17.6. The molecular formula is C17H26N2O4S. The van der Waals surface area contributed by atoms with Gasteiger partial charge in [-0.3, -0.25) is 4.79 Å². The van der Waals surface area contributed by atoms with Crippen molar-refractivity contribution in [1.29, 1.82) is 0 Å². The van der Waals surface area contributed by atoms with Gasteiger partial charge in [-0.25, -0.2) is 8.42 Å². The molecule has 24 heavy (non-hydrogen) atoms. The predicted octanol–water partition coefficient (Wildman–Crippen LogP) is 1.94. The number of rotatable bonds is 7. The van der Waals surface area contributed by atoms with Crippen LogP contribution in [0.5, 0.6) is 0 Å². The van der Waals surface area contributed by atoms with E-state index in [4.69, 9.17) is 4.74 Å². The summed E-state index contributed by atoms with van der Waals surface area (Å²) < 4.78 is 32.0. The van der Waals surface area contributed by atoms with Crippen LogP contribution >= 0.6 is 0 Å². The van der Waals surface area contributed by atoms with Crippen molar-refractivity contribution in [3.05, 3.63) is 29.3 Å². The molecule has 1 aromatic carbocycles. The van der Waals surface area contributed by atoms with E-state index in [1.54, 1.807) is 26.2 Å². The summed E-state index contributed by atoms with van der Waals surface area (Å²) in [6, 6.07) is 4.77. The van der Waals surface area contributed by atoms with Crippen molar-refractivity contribution < 1.29 is 17.9 Å². The summed E-state index contributed by atoms with van der Waals surface area (Å²) in [5, 5.41) is 2.81. The maximum Gasteiger partial charge on any atom is 0.251 e. The highest BCUT2D eigenvalue weighted by molar-refractivity contribution is 7.89. The monoisotopic (exact) mass is 354 g/mol. The molecule has 0 saturated carbocycles. The number of amides is 1. The lowest BCUT2D eigenvalue weighted by atomic mass is 10.1. The minimum absolute atomic E-state index is 0.192. The number of carbonyl (C=O) groups is 1. The second-order valence-electron chi connectivity index (χ2n) is 6.04. The van der Waals surface area contributed by atoms with Crippen LogP contribution in [-0.2, 0) is 14.8 Å². The van der Waals surface area contributed by atoms with Crippen LogP contribution in [-0.4, -0.2) is 52.0 Å². The van der Waals surface area contributed by atoms with E-state index in [-0.39, 0.29) is 10.8 Å². The van der Waals surface area contributed by atoms with Gasteiger partial charge in [-0.1, -0.05) is 12.5 Å². The fourth-order valence-electron chi connectivity index (χ4n) is 2.77. The van der Waals surface area contributed by atoms with Gasteiger partial charge in [0.25, 0.3) is 5.91 Å². The lowest BCUT2D eigenvalue weighted by Gasteiger charge is -2.26. The van der Waals surface area contributed by atoms with Crippen molar-refractivity contribution in [2.75, 3.05) is 33.4 Å². The Kier molecular flexibility index (Phi) is 6.77. The van der Waals surface area contributed by atoms with Gasteiger partial charge in [0, 0.05) is 38.9 Å². The molecule has 6 nitrogen and oxygen atoms in total. The van der Waals surface area contributed by atoms with Crippen LogP contribution in [0.1, 0.15) is 41.6 Å². The average Bonchev–Trinajstić information content (AvgIpc) is 2.59. The molecular weight excluding hydrogens is 328 g/mol. The SMILES string of the molecule is COCCCNC(=O)c1cc(S(=O)(=O)N2CCCCC2)ccc1C. The Morgan fingerprint density at radius 1 is 1.25 bits per heavy atom. The minimum Gasteiger partial charge on any atom is -0.385 e. The van der Waals surface area contributed by atoms with Gasteiger partial charge >= 0.3 is 0 Å². The van der Waals surface area contributed by atoms with Crippen LogP contribution in [0, 0.1) is 6.92 Å². The summed E-state index contributed by atoms with van der Waals surface area (Å²) in [6.45, 7) is 3.97. The molecule has 2 rings (SSSR count). The Hall–Kier alpha value is -1.44. The molecule has 0 atom stereocenters. The zero-order valence-electron chi connectivity index (χ0n) is 14.4. The third kappa shape index (κ3) is 4.55. The Balaban J connectivity index is 2.16.